The highest BCUT2D eigenvalue weighted by Crippen LogP contribution is 2.36. The summed E-state index contributed by atoms with van der Waals surface area (Å²) < 4.78 is 5.51. The summed E-state index contributed by atoms with van der Waals surface area (Å²) in [5.41, 5.74) is 2.06. The van der Waals surface area contributed by atoms with Crippen LogP contribution >= 0.6 is 0 Å². The Bertz CT molecular complexity index is 1000. The number of carbonyl (C=O) groups is 3. The Labute approximate surface area is 181 Å². The molecule has 0 aromatic heterocycles. The van der Waals surface area contributed by atoms with Crippen molar-refractivity contribution >= 4 is 17.8 Å². The van der Waals surface area contributed by atoms with Crippen LogP contribution in [0.2, 0.25) is 0 Å². The highest BCUT2D eigenvalue weighted by molar-refractivity contribution is 6.11. The molecule has 0 saturated carbocycles. The van der Waals surface area contributed by atoms with E-state index >= 15 is 0 Å². The van der Waals surface area contributed by atoms with Gasteiger partial charge in [0.15, 0.2) is 5.54 Å². The van der Waals surface area contributed by atoms with Gasteiger partial charge in [0, 0.05) is 13.2 Å². The highest BCUT2D eigenvalue weighted by Gasteiger charge is 2.54. The maximum absolute atomic E-state index is 13.7. The number of urea groups is 1. The van der Waals surface area contributed by atoms with Crippen LogP contribution < -0.4 is 10.6 Å². The Morgan fingerprint density at radius 1 is 1.13 bits per heavy atom. The Morgan fingerprint density at radius 2 is 1.90 bits per heavy atom. The van der Waals surface area contributed by atoms with Crippen molar-refractivity contribution in [2.45, 2.75) is 38.3 Å². The molecule has 0 bridgehead atoms. The smallest absolute Gasteiger partial charge is 0.326 e. The first-order valence-corrected chi connectivity index (χ1v) is 10.6. The molecule has 2 saturated heterocycles. The number of benzene rings is 2. The number of hydrogen-bond acceptors (Lipinski definition) is 4. The molecule has 0 unspecified atom stereocenters. The van der Waals surface area contributed by atoms with E-state index in [1.807, 2.05) is 62.4 Å². The second kappa shape index (κ2) is 8.51. The number of ether oxygens (including phenoxy) is 1. The van der Waals surface area contributed by atoms with Crippen LogP contribution in [0.1, 0.15) is 35.1 Å². The summed E-state index contributed by atoms with van der Waals surface area (Å²) >= 11 is 0. The second-order valence-corrected chi connectivity index (χ2v) is 8.18. The fraction of sp³-hybridized carbons (Fsp3) is 0.375. The quantitative estimate of drug-likeness (QED) is 0.701. The molecule has 31 heavy (non-hydrogen) atoms. The first-order chi connectivity index (χ1) is 14.9. The van der Waals surface area contributed by atoms with Gasteiger partial charge in [-0.05, 0) is 48.9 Å². The van der Waals surface area contributed by atoms with E-state index in [1.165, 1.54) is 0 Å². The molecule has 2 aliphatic rings. The molecule has 2 N–H and O–H groups in total. The van der Waals surface area contributed by atoms with Gasteiger partial charge in [0.05, 0.1) is 6.10 Å². The summed E-state index contributed by atoms with van der Waals surface area (Å²) in [6, 6.07) is 14.3. The lowest BCUT2D eigenvalue weighted by Crippen LogP contribution is -2.46. The largest absolute Gasteiger partial charge is 0.376 e. The number of hydrogen-bond donors (Lipinski definition) is 2. The Kier molecular flexibility index (Phi) is 5.78. The molecule has 7 nitrogen and oxygen atoms in total. The van der Waals surface area contributed by atoms with E-state index in [9.17, 15) is 14.4 Å². The summed E-state index contributed by atoms with van der Waals surface area (Å²) in [4.78, 5) is 40.0. The molecule has 2 fully saturated rings. The zero-order valence-corrected chi connectivity index (χ0v) is 17.8. The van der Waals surface area contributed by atoms with Crippen molar-refractivity contribution in [3.8, 4) is 0 Å². The summed E-state index contributed by atoms with van der Waals surface area (Å²) in [7, 11) is 0. The Morgan fingerprint density at radius 3 is 2.58 bits per heavy atom. The molecular formula is C24H27N3O4. The van der Waals surface area contributed by atoms with Crippen molar-refractivity contribution in [1.82, 2.24) is 15.5 Å². The number of carbonyl (C=O) groups excluding carboxylic acids is 3. The van der Waals surface area contributed by atoms with E-state index in [0.29, 0.717) is 24.3 Å². The number of nitrogens with one attached hydrogen (secondary N) is 2. The van der Waals surface area contributed by atoms with Crippen molar-refractivity contribution in [2.75, 3.05) is 19.7 Å². The van der Waals surface area contributed by atoms with Gasteiger partial charge in [-0.2, -0.15) is 0 Å². The summed E-state index contributed by atoms with van der Waals surface area (Å²) in [6.45, 7) is 4.70. The molecule has 0 aliphatic carbocycles. The number of amides is 4. The van der Waals surface area contributed by atoms with Crippen LogP contribution in [0.25, 0.3) is 0 Å². The Hall–Kier alpha value is -3.19. The SMILES string of the molecule is Cc1ccc([C@]2(c3ccccc3)NC(=O)N(CC(=O)NC[C@@H]3CCCO3)C2=O)cc1C. The molecule has 2 atom stereocenters. The minimum absolute atomic E-state index is 0.00833. The lowest BCUT2D eigenvalue weighted by atomic mass is 9.81. The fourth-order valence-electron chi connectivity index (χ4n) is 4.17. The molecule has 7 heteroatoms. The van der Waals surface area contributed by atoms with Gasteiger partial charge >= 0.3 is 6.03 Å². The first kappa shape index (κ1) is 21.1. The third kappa shape index (κ3) is 3.93. The van der Waals surface area contributed by atoms with Crippen LogP contribution in [0, 0.1) is 13.8 Å². The normalized spacial score (nSPS) is 23.2. The maximum Gasteiger partial charge on any atom is 0.326 e. The zero-order chi connectivity index (χ0) is 22.0. The van der Waals surface area contributed by atoms with E-state index in [0.717, 1.165) is 28.9 Å². The molecule has 4 rings (SSSR count). The number of rotatable bonds is 6. The Balaban J connectivity index is 1.62. The van der Waals surface area contributed by atoms with E-state index in [2.05, 4.69) is 10.6 Å². The van der Waals surface area contributed by atoms with E-state index < -0.39 is 17.5 Å². The van der Waals surface area contributed by atoms with Crippen molar-refractivity contribution < 1.29 is 19.1 Å². The molecule has 0 radical (unpaired) electrons. The molecule has 4 amide bonds. The lowest BCUT2D eigenvalue weighted by Gasteiger charge is -2.28. The van der Waals surface area contributed by atoms with Gasteiger partial charge in [0.1, 0.15) is 6.54 Å². The minimum Gasteiger partial charge on any atom is -0.376 e. The predicted octanol–water partition coefficient (Wildman–Crippen LogP) is 2.39. The van der Waals surface area contributed by atoms with E-state index in [4.69, 9.17) is 4.74 Å². The lowest BCUT2D eigenvalue weighted by molar-refractivity contribution is -0.134. The predicted molar refractivity (Wildman–Crippen MR) is 115 cm³/mol. The molecule has 2 heterocycles. The van der Waals surface area contributed by atoms with E-state index in [1.54, 1.807) is 0 Å². The zero-order valence-electron chi connectivity index (χ0n) is 17.8. The standard InChI is InChI=1S/C24H27N3O4/c1-16-10-11-19(13-17(16)2)24(18-7-4-3-5-8-18)22(29)27(23(30)26-24)15-21(28)25-14-20-9-6-12-31-20/h3-5,7-8,10-11,13,20H,6,9,12,14-15H2,1-2H3,(H,25,28)(H,26,30)/t20-,24-/m0/s1. The third-order valence-corrected chi connectivity index (χ3v) is 6.10. The van der Waals surface area contributed by atoms with Crippen molar-refractivity contribution in [3.63, 3.8) is 0 Å². The van der Waals surface area contributed by atoms with Gasteiger partial charge in [-0.25, -0.2) is 4.79 Å². The maximum atomic E-state index is 13.7. The van der Waals surface area contributed by atoms with Crippen molar-refractivity contribution in [3.05, 3.63) is 70.8 Å². The number of aryl methyl sites for hydroxylation is 2. The van der Waals surface area contributed by atoms with E-state index in [-0.39, 0.29) is 18.6 Å². The highest BCUT2D eigenvalue weighted by atomic mass is 16.5. The fourth-order valence-corrected chi connectivity index (χ4v) is 4.17. The van der Waals surface area contributed by atoms with Crippen LogP contribution in [0.3, 0.4) is 0 Å². The van der Waals surface area contributed by atoms with Crippen LogP contribution in [0.15, 0.2) is 48.5 Å². The van der Waals surface area contributed by atoms with Gasteiger partial charge in [-0.1, -0.05) is 48.5 Å². The monoisotopic (exact) mass is 421 g/mol. The van der Waals surface area contributed by atoms with Crippen molar-refractivity contribution in [2.24, 2.45) is 0 Å². The summed E-state index contributed by atoms with van der Waals surface area (Å²) in [6.07, 6.45) is 1.86. The first-order valence-electron chi connectivity index (χ1n) is 10.6. The van der Waals surface area contributed by atoms with Crippen molar-refractivity contribution in [1.29, 1.82) is 0 Å². The van der Waals surface area contributed by atoms with Gasteiger partial charge in [-0.15, -0.1) is 0 Å². The second-order valence-electron chi connectivity index (χ2n) is 8.18. The van der Waals surface area contributed by atoms with Gasteiger partial charge < -0.3 is 15.4 Å². The molecule has 0 spiro atoms. The van der Waals surface area contributed by atoms with Crippen LogP contribution in [-0.4, -0.2) is 48.5 Å². The molecule has 162 valence electrons. The average Bonchev–Trinajstić information content (AvgIpc) is 3.38. The van der Waals surface area contributed by atoms with Gasteiger partial charge in [0.2, 0.25) is 5.91 Å². The summed E-state index contributed by atoms with van der Waals surface area (Å²) in [5, 5.41) is 5.66. The topological polar surface area (TPSA) is 87.7 Å². The van der Waals surface area contributed by atoms with Gasteiger partial charge in [-0.3, -0.25) is 14.5 Å². The molecule has 2 aromatic carbocycles. The third-order valence-electron chi connectivity index (χ3n) is 6.10. The molecule has 2 aromatic rings. The average molecular weight is 421 g/mol. The molecular weight excluding hydrogens is 394 g/mol. The number of nitrogens with zero attached hydrogens (tertiary/aromatic N) is 1. The van der Waals surface area contributed by atoms with Crippen LogP contribution in [0.4, 0.5) is 4.79 Å². The molecule has 2 aliphatic heterocycles. The minimum atomic E-state index is -1.37. The van der Waals surface area contributed by atoms with Gasteiger partial charge in [0.25, 0.3) is 5.91 Å². The van der Waals surface area contributed by atoms with Crippen LogP contribution in [0.5, 0.6) is 0 Å². The summed E-state index contributed by atoms with van der Waals surface area (Å²) in [5.74, 6) is -0.845. The van der Waals surface area contributed by atoms with Crippen LogP contribution in [-0.2, 0) is 19.9 Å². The number of imide groups is 1.